The summed E-state index contributed by atoms with van der Waals surface area (Å²) in [5.41, 5.74) is 2.17. The van der Waals surface area contributed by atoms with Crippen molar-refractivity contribution < 1.29 is 23.9 Å². The maximum atomic E-state index is 13.4. The van der Waals surface area contributed by atoms with E-state index in [1.165, 1.54) is 9.80 Å². The van der Waals surface area contributed by atoms with E-state index in [2.05, 4.69) is 11.9 Å². The lowest BCUT2D eigenvalue weighted by molar-refractivity contribution is -0.122. The van der Waals surface area contributed by atoms with Crippen molar-refractivity contribution in [3.63, 3.8) is 0 Å². The second-order valence-electron chi connectivity index (χ2n) is 7.53. The standard InChI is InChI=1S/C25H21N3O5S2/c1-3-13-27-23(31)21(35-25(27)34)20-17-7-5-6-8-18(17)28(22(20)30)14-19(29)26-16-11-9-15(10-12-16)24(32)33-4-2/h3,5-12H,1,4,13-14H2,2H3,(H,26,29). The van der Waals surface area contributed by atoms with Crippen molar-refractivity contribution in [2.45, 2.75) is 6.92 Å². The molecule has 2 aliphatic rings. The number of benzene rings is 2. The maximum absolute atomic E-state index is 13.4. The molecule has 1 N–H and O–H groups in total. The summed E-state index contributed by atoms with van der Waals surface area (Å²) < 4.78 is 5.30. The van der Waals surface area contributed by atoms with Gasteiger partial charge in [0.05, 0.1) is 28.3 Å². The van der Waals surface area contributed by atoms with Gasteiger partial charge in [-0.15, -0.1) is 6.58 Å². The molecule has 0 spiro atoms. The zero-order valence-electron chi connectivity index (χ0n) is 18.8. The van der Waals surface area contributed by atoms with Gasteiger partial charge in [-0.2, -0.15) is 0 Å². The van der Waals surface area contributed by atoms with E-state index < -0.39 is 17.8 Å². The number of nitrogens with zero attached hydrogens (tertiary/aromatic N) is 2. The monoisotopic (exact) mass is 507 g/mol. The van der Waals surface area contributed by atoms with Crippen LogP contribution >= 0.6 is 24.0 Å². The molecule has 0 radical (unpaired) electrons. The van der Waals surface area contributed by atoms with Crippen LogP contribution in [0.4, 0.5) is 11.4 Å². The highest BCUT2D eigenvalue weighted by Crippen LogP contribution is 2.44. The molecule has 178 valence electrons. The van der Waals surface area contributed by atoms with E-state index in [0.29, 0.717) is 26.8 Å². The summed E-state index contributed by atoms with van der Waals surface area (Å²) in [4.78, 5) is 54.0. The average Bonchev–Trinajstić information content (AvgIpc) is 3.27. The molecule has 0 bridgehead atoms. The summed E-state index contributed by atoms with van der Waals surface area (Å²) in [6, 6.07) is 13.3. The van der Waals surface area contributed by atoms with Crippen LogP contribution in [0.1, 0.15) is 22.8 Å². The quantitative estimate of drug-likeness (QED) is 0.265. The molecule has 35 heavy (non-hydrogen) atoms. The summed E-state index contributed by atoms with van der Waals surface area (Å²) in [5.74, 6) is -1.68. The zero-order valence-corrected chi connectivity index (χ0v) is 20.4. The van der Waals surface area contributed by atoms with E-state index in [4.69, 9.17) is 17.0 Å². The fourth-order valence-electron chi connectivity index (χ4n) is 3.74. The predicted molar refractivity (Wildman–Crippen MR) is 139 cm³/mol. The molecule has 2 heterocycles. The lowest BCUT2D eigenvalue weighted by Crippen LogP contribution is -2.35. The molecule has 8 nitrogen and oxygen atoms in total. The smallest absolute Gasteiger partial charge is 0.338 e. The number of nitrogens with one attached hydrogen (secondary N) is 1. The SMILES string of the molecule is C=CCN1C(=O)C(=C2C(=O)N(CC(=O)Nc3ccc(C(=O)OCC)cc3)c3ccccc32)SC1=S. The highest BCUT2D eigenvalue weighted by atomic mass is 32.2. The Morgan fingerprint density at radius 1 is 1.09 bits per heavy atom. The molecule has 0 atom stereocenters. The fourth-order valence-corrected chi connectivity index (χ4v) is 5.09. The highest BCUT2D eigenvalue weighted by molar-refractivity contribution is 8.26. The van der Waals surface area contributed by atoms with E-state index >= 15 is 0 Å². The van der Waals surface area contributed by atoms with E-state index in [-0.39, 0.29) is 36.1 Å². The van der Waals surface area contributed by atoms with Crippen LogP contribution in [0.5, 0.6) is 0 Å². The van der Waals surface area contributed by atoms with E-state index in [9.17, 15) is 19.2 Å². The number of carbonyl (C=O) groups excluding carboxylic acids is 4. The minimum Gasteiger partial charge on any atom is -0.462 e. The van der Waals surface area contributed by atoms with E-state index in [0.717, 1.165) is 11.8 Å². The van der Waals surface area contributed by atoms with Gasteiger partial charge < -0.3 is 10.1 Å². The third kappa shape index (κ3) is 4.75. The summed E-state index contributed by atoms with van der Waals surface area (Å²) in [7, 11) is 0. The summed E-state index contributed by atoms with van der Waals surface area (Å²) in [5, 5.41) is 2.73. The molecule has 2 aromatic rings. The number of amides is 3. The van der Waals surface area contributed by atoms with Crippen LogP contribution in [0.2, 0.25) is 0 Å². The highest BCUT2D eigenvalue weighted by Gasteiger charge is 2.42. The number of carbonyl (C=O) groups is 4. The zero-order chi connectivity index (χ0) is 25.1. The first-order valence-corrected chi connectivity index (χ1v) is 11.9. The van der Waals surface area contributed by atoms with E-state index in [1.807, 2.05) is 0 Å². The number of thioether (sulfide) groups is 1. The van der Waals surface area contributed by atoms with Gasteiger partial charge in [0.2, 0.25) is 5.91 Å². The van der Waals surface area contributed by atoms with Gasteiger partial charge in [-0.1, -0.05) is 48.3 Å². The summed E-state index contributed by atoms with van der Waals surface area (Å²) >= 11 is 6.38. The second-order valence-corrected chi connectivity index (χ2v) is 9.18. The van der Waals surface area contributed by atoms with Crippen molar-refractivity contribution in [3.05, 3.63) is 77.2 Å². The van der Waals surface area contributed by atoms with Gasteiger partial charge in [-0.25, -0.2) is 4.79 Å². The van der Waals surface area contributed by atoms with Gasteiger partial charge in [0.1, 0.15) is 10.9 Å². The van der Waals surface area contributed by atoms with Crippen molar-refractivity contribution in [1.82, 2.24) is 4.90 Å². The normalized spacial score (nSPS) is 17.0. The van der Waals surface area contributed by atoms with Crippen molar-refractivity contribution in [2.75, 3.05) is 29.9 Å². The molecule has 0 saturated carbocycles. The maximum Gasteiger partial charge on any atom is 0.338 e. The average molecular weight is 508 g/mol. The topological polar surface area (TPSA) is 96.0 Å². The largest absolute Gasteiger partial charge is 0.462 e. The molecule has 1 fully saturated rings. The molecule has 0 aliphatic carbocycles. The first-order valence-electron chi connectivity index (χ1n) is 10.7. The molecule has 1 saturated heterocycles. The van der Waals surface area contributed by atoms with Gasteiger partial charge in [0.15, 0.2) is 0 Å². The minimum absolute atomic E-state index is 0.233. The molecule has 4 rings (SSSR count). The van der Waals surface area contributed by atoms with Gasteiger partial charge in [0.25, 0.3) is 11.8 Å². The predicted octanol–water partition coefficient (Wildman–Crippen LogP) is 3.61. The van der Waals surface area contributed by atoms with Crippen LogP contribution in [0.25, 0.3) is 5.57 Å². The molecular weight excluding hydrogens is 486 g/mol. The molecule has 0 aromatic heterocycles. The van der Waals surface area contributed by atoms with Gasteiger partial charge in [0, 0.05) is 17.8 Å². The Labute approximate surface area is 211 Å². The molecular formula is C25H21N3O5S2. The van der Waals surface area contributed by atoms with Crippen LogP contribution in [-0.2, 0) is 19.1 Å². The Balaban J connectivity index is 1.55. The van der Waals surface area contributed by atoms with Crippen molar-refractivity contribution in [1.29, 1.82) is 0 Å². The van der Waals surface area contributed by atoms with Crippen LogP contribution in [0.15, 0.2) is 66.1 Å². The number of rotatable bonds is 7. The molecule has 3 amide bonds. The first kappa shape index (κ1) is 24.4. The van der Waals surface area contributed by atoms with Crippen molar-refractivity contribution in [2.24, 2.45) is 0 Å². The van der Waals surface area contributed by atoms with E-state index in [1.54, 1.807) is 61.5 Å². The number of thiocarbonyl (C=S) groups is 1. The number of anilines is 2. The lowest BCUT2D eigenvalue weighted by atomic mass is 10.1. The summed E-state index contributed by atoms with van der Waals surface area (Å²) in [6.07, 6.45) is 1.57. The Bertz CT molecular complexity index is 1290. The van der Waals surface area contributed by atoms with Crippen molar-refractivity contribution in [3.8, 4) is 0 Å². The van der Waals surface area contributed by atoms with Crippen LogP contribution in [0, 0.1) is 0 Å². The van der Waals surface area contributed by atoms with Crippen LogP contribution in [-0.4, -0.2) is 52.6 Å². The lowest BCUT2D eigenvalue weighted by Gasteiger charge is -2.17. The number of para-hydroxylation sites is 1. The Kier molecular flexibility index (Phi) is 7.13. The minimum atomic E-state index is -0.448. The molecule has 0 unspecified atom stereocenters. The Morgan fingerprint density at radius 2 is 1.80 bits per heavy atom. The molecule has 2 aliphatic heterocycles. The van der Waals surface area contributed by atoms with Crippen LogP contribution in [0.3, 0.4) is 0 Å². The number of hydrogen-bond acceptors (Lipinski definition) is 7. The van der Waals surface area contributed by atoms with Gasteiger partial charge in [-0.3, -0.25) is 24.2 Å². The van der Waals surface area contributed by atoms with Crippen molar-refractivity contribution >= 4 is 68.9 Å². The molecule has 2 aromatic carbocycles. The number of fused-ring (bicyclic) bond motifs is 1. The third-order valence-corrected chi connectivity index (χ3v) is 6.74. The van der Waals surface area contributed by atoms with Crippen LogP contribution < -0.4 is 10.2 Å². The summed E-state index contributed by atoms with van der Waals surface area (Å²) in [6.45, 7) is 5.62. The first-order chi connectivity index (χ1) is 16.8. The Morgan fingerprint density at radius 3 is 2.49 bits per heavy atom. The fraction of sp³-hybridized carbons (Fsp3) is 0.160. The second kappa shape index (κ2) is 10.2. The number of hydrogen-bond donors (Lipinski definition) is 1. The number of esters is 1. The third-order valence-electron chi connectivity index (χ3n) is 5.29. The van der Waals surface area contributed by atoms with Gasteiger partial charge in [-0.05, 0) is 37.3 Å². The number of ether oxygens (including phenoxy) is 1. The Hall–Kier alpha value is -3.76. The van der Waals surface area contributed by atoms with Gasteiger partial charge >= 0.3 is 5.97 Å². The molecule has 10 heteroatoms.